The molecule has 3 heterocycles. The van der Waals surface area contributed by atoms with Crippen LogP contribution in [-0.2, 0) is 0 Å². The molecule has 1 aliphatic heterocycles. The largest absolute Gasteiger partial charge is 0.396 e. The van der Waals surface area contributed by atoms with Gasteiger partial charge < -0.3 is 10.6 Å². The molecule has 0 bridgehead atoms. The molecule has 2 aliphatic rings. The van der Waals surface area contributed by atoms with Crippen molar-refractivity contribution in [2.24, 2.45) is 5.92 Å². The van der Waals surface area contributed by atoms with Gasteiger partial charge in [-0.3, -0.25) is 4.79 Å². The first kappa shape index (κ1) is 14.9. The molecule has 1 aliphatic carbocycles. The van der Waals surface area contributed by atoms with Crippen LogP contribution < -0.4 is 5.73 Å². The van der Waals surface area contributed by atoms with Crippen LogP contribution in [0.1, 0.15) is 42.4 Å². The molecule has 6 heteroatoms. The Kier molecular flexibility index (Phi) is 3.59. The molecule has 1 unspecified atom stereocenters. The van der Waals surface area contributed by atoms with Crippen molar-refractivity contribution < 1.29 is 4.79 Å². The normalized spacial score (nSPS) is 20.6. The fourth-order valence-corrected chi connectivity index (χ4v) is 3.43. The van der Waals surface area contributed by atoms with Crippen LogP contribution in [0.4, 0.5) is 5.69 Å². The molecule has 0 aromatic carbocycles. The number of fused-ring (bicyclic) bond motifs is 1. The van der Waals surface area contributed by atoms with Crippen molar-refractivity contribution in [2.45, 2.75) is 26.2 Å². The molecule has 2 N–H and O–H groups in total. The minimum atomic E-state index is 0.0222. The van der Waals surface area contributed by atoms with Crippen LogP contribution in [0.15, 0.2) is 30.5 Å². The van der Waals surface area contributed by atoms with E-state index in [0.29, 0.717) is 28.6 Å². The fourth-order valence-electron chi connectivity index (χ4n) is 3.43. The lowest BCUT2D eigenvalue weighted by molar-refractivity contribution is 0.0682. The molecule has 0 spiro atoms. The number of nitrogen functional groups attached to an aromatic ring is 1. The quantitative estimate of drug-likeness (QED) is 0.921. The van der Waals surface area contributed by atoms with Crippen LogP contribution in [0.5, 0.6) is 0 Å². The summed E-state index contributed by atoms with van der Waals surface area (Å²) < 4.78 is 1.63. The number of hydrogen-bond donors (Lipinski definition) is 1. The van der Waals surface area contributed by atoms with E-state index in [1.807, 2.05) is 17.1 Å². The van der Waals surface area contributed by atoms with Crippen molar-refractivity contribution in [3.8, 4) is 0 Å². The van der Waals surface area contributed by atoms with Gasteiger partial charge in [-0.2, -0.15) is 0 Å². The van der Waals surface area contributed by atoms with Crippen LogP contribution in [-0.4, -0.2) is 38.5 Å². The first-order valence-corrected chi connectivity index (χ1v) is 8.43. The van der Waals surface area contributed by atoms with Crippen LogP contribution in [0, 0.1) is 5.92 Å². The number of carbonyl (C=O) groups excluding carboxylic acids is 1. The summed E-state index contributed by atoms with van der Waals surface area (Å²) in [6.45, 7) is 3.80. The van der Waals surface area contributed by atoms with E-state index in [4.69, 9.17) is 5.73 Å². The Morgan fingerprint density at radius 3 is 3.04 bits per heavy atom. The van der Waals surface area contributed by atoms with E-state index in [9.17, 15) is 4.79 Å². The number of hydrogen-bond acceptors (Lipinski definition) is 4. The molecule has 0 radical (unpaired) electrons. The minimum absolute atomic E-state index is 0.0222. The van der Waals surface area contributed by atoms with Gasteiger partial charge in [0.05, 0.1) is 11.3 Å². The molecule has 2 aromatic rings. The van der Waals surface area contributed by atoms with Crippen molar-refractivity contribution in [3.05, 3.63) is 41.9 Å². The number of pyridine rings is 1. The third-order valence-corrected chi connectivity index (χ3v) is 4.71. The lowest BCUT2D eigenvalue weighted by Crippen LogP contribution is -2.39. The zero-order chi connectivity index (χ0) is 16.7. The standard InChI is InChI=1S/C18H21N5O/c1-12-5-4-8-22(10-12)18(24)14-9-15(19)17-20-16(21-23(17)11-14)13-6-2-3-7-13/h2-3,6,9,11-12H,4-5,7-8,10,19H2,1H3. The highest BCUT2D eigenvalue weighted by Gasteiger charge is 2.23. The van der Waals surface area contributed by atoms with Gasteiger partial charge in [-0.1, -0.05) is 25.2 Å². The molecule has 1 saturated heterocycles. The first-order chi connectivity index (χ1) is 11.6. The van der Waals surface area contributed by atoms with Crippen molar-refractivity contribution >= 4 is 22.8 Å². The third-order valence-electron chi connectivity index (χ3n) is 4.71. The summed E-state index contributed by atoms with van der Waals surface area (Å²) in [7, 11) is 0. The fraction of sp³-hybridized carbons (Fsp3) is 0.389. The predicted molar refractivity (Wildman–Crippen MR) is 93.4 cm³/mol. The highest BCUT2D eigenvalue weighted by Crippen LogP contribution is 2.24. The van der Waals surface area contributed by atoms with Crippen molar-refractivity contribution in [1.82, 2.24) is 19.5 Å². The smallest absolute Gasteiger partial charge is 0.255 e. The average Bonchev–Trinajstić information content (AvgIpc) is 3.23. The maximum Gasteiger partial charge on any atom is 0.255 e. The van der Waals surface area contributed by atoms with E-state index < -0.39 is 0 Å². The summed E-state index contributed by atoms with van der Waals surface area (Å²) in [5.74, 6) is 1.24. The van der Waals surface area contributed by atoms with Gasteiger partial charge in [0.2, 0.25) is 0 Å². The second-order valence-electron chi connectivity index (χ2n) is 6.71. The van der Waals surface area contributed by atoms with E-state index in [1.54, 1.807) is 16.8 Å². The summed E-state index contributed by atoms with van der Waals surface area (Å²) in [6.07, 6.45) is 10.9. The van der Waals surface area contributed by atoms with E-state index in [-0.39, 0.29) is 5.91 Å². The maximum atomic E-state index is 12.8. The SMILES string of the molecule is CC1CCCN(C(=O)c2cc(N)c3nc(C4=CC=CC4)nn3c2)C1. The first-order valence-electron chi connectivity index (χ1n) is 8.43. The van der Waals surface area contributed by atoms with Crippen LogP contribution in [0.2, 0.25) is 0 Å². The number of carbonyl (C=O) groups is 1. The summed E-state index contributed by atoms with van der Waals surface area (Å²) >= 11 is 0. The molecule has 1 amide bonds. The molecule has 0 saturated carbocycles. The second-order valence-corrected chi connectivity index (χ2v) is 6.71. The predicted octanol–water partition coefficient (Wildman–Crippen LogP) is 2.53. The number of amides is 1. The Balaban J connectivity index is 1.68. The number of allylic oxidation sites excluding steroid dienone is 4. The van der Waals surface area contributed by atoms with E-state index in [1.165, 1.54) is 6.42 Å². The topological polar surface area (TPSA) is 76.5 Å². The highest BCUT2D eigenvalue weighted by atomic mass is 16.2. The number of rotatable bonds is 2. The Morgan fingerprint density at radius 1 is 1.42 bits per heavy atom. The average molecular weight is 323 g/mol. The van der Waals surface area contributed by atoms with Crippen LogP contribution in [0.25, 0.3) is 11.2 Å². The molecular formula is C18H21N5O. The number of anilines is 1. The van der Waals surface area contributed by atoms with E-state index >= 15 is 0 Å². The Labute approximate surface area is 140 Å². The highest BCUT2D eigenvalue weighted by molar-refractivity contribution is 5.95. The number of piperidine rings is 1. The lowest BCUT2D eigenvalue weighted by atomic mass is 10.00. The summed E-state index contributed by atoms with van der Waals surface area (Å²) in [5, 5.41) is 4.51. The van der Waals surface area contributed by atoms with Crippen LogP contribution in [0.3, 0.4) is 0 Å². The molecule has 2 aromatic heterocycles. The minimum Gasteiger partial charge on any atom is -0.396 e. The van der Waals surface area contributed by atoms with E-state index in [0.717, 1.165) is 31.5 Å². The van der Waals surface area contributed by atoms with E-state index in [2.05, 4.69) is 23.1 Å². The van der Waals surface area contributed by atoms with Gasteiger partial charge in [0.15, 0.2) is 11.5 Å². The van der Waals surface area contributed by atoms with Gasteiger partial charge in [-0.25, -0.2) is 9.50 Å². The molecule has 4 rings (SSSR count). The lowest BCUT2D eigenvalue weighted by Gasteiger charge is -2.31. The summed E-state index contributed by atoms with van der Waals surface area (Å²) in [6, 6.07) is 1.72. The monoisotopic (exact) mass is 323 g/mol. The summed E-state index contributed by atoms with van der Waals surface area (Å²) in [4.78, 5) is 19.2. The zero-order valence-corrected chi connectivity index (χ0v) is 13.8. The van der Waals surface area contributed by atoms with Crippen LogP contribution >= 0.6 is 0 Å². The van der Waals surface area contributed by atoms with Gasteiger partial charge in [0, 0.05) is 24.9 Å². The Morgan fingerprint density at radius 2 is 2.29 bits per heavy atom. The number of aromatic nitrogens is 3. The molecule has 1 atom stereocenters. The summed E-state index contributed by atoms with van der Waals surface area (Å²) in [5.41, 5.74) is 8.85. The maximum absolute atomic E-state index is 12.8. The number of nitrogens with zero attached hydrogens (tertiary/aromatic N) is 4. The second kappa shape index (κ2) is 5.78. The van der Waals surface area contributed by atoms with Gasteiger partial charge in [-0.15, -0.1) is 5.10 Å². The Bertz CT molecular complexity index is 864. The van der Waals surface area contributed by atoms with Crippen molar-refractivity contribution in [1.29, 1.82) is 0 Å². The van der Waals surface area contributed by atoms with Gasteiger partial charge >= 0.3 is 0 Å². The Hall–Kier alpha value is -2.63. The van der Waals surface area contributed by atoms with Crippen molar-refractivity contribution in [3.63, 3.8) is 0 Å². The molecule has 24 heavy (non-hydrogen) atoms. The molecular weight excluding hydrogens is 302 g/mol. The van der Waals surface area contributed by atoms with Gasteiger partial charge in [0.25, 0.3) is 5.91 Å². The molecule has 124 valence electrons. The zero-order valence-electron chi connectivity index (χ0n) is 13.8. The molecule has 1 fully saturated rings. The molecule has 6 nitrogen and oxygen atoms in total. The third kappa shape index (κ3) is 2.58. The van der Waals surface area contributed by atoms with Gasteiger partial charge in [-0.05, 0) is 31.2 Å². The number of likely N-dealkylation sites (tertiary alicyclic amines) is 1. The number of nitrogens with two attached hydrogens (primary N) is 1. The van der Waals surface area contributed by atoms with Crippen molar-refractivity contribution in [2.75, 3.05) is 18.8 Å². The van der Waals surface area contributed by atoms with Gasteiger partial charge in [0.1, 0.15) is 0 Å².